The van der Waals surface area contributed by atoms with Crippen molar-refractivity contribution < 1.29 is 42.1 Å². The van der Waals surface area contributed by atoms with E-state index in [0.717, 1.165) is 44.9 Å². The average Bonchev–Trinajstić information content (AvgIpc) is 3.10. The molecule has 0 bridgehead atoms. The average molecular weight is 774 g/mol. The van der Waals surface area contributed by atoms with E-state index in [1.54, 1.807) is 0 Å². The number of hydrogen-bond donors (Lipinski definition) is 0. The summed E-state index contributed by atoms with van der Waals surface area (Å²) in [5.41, 5.74) is 0. The molecule has 2 unspecified atom stereocenters. The van der Waals surface area contributed by atoms with Gasteiger partial charge in [-0.2, -0.15) is 0 Å². The molecule has 0 fully saturated rings. The molecule has 10 heteroatoms. The minimum absolute atomic E-state index is 0.0286. The van der Waals surface area contributed by atoms with E-state index in [9.17, 15) is 19.0 Å². The van der Waals surface area contributed by atoms with E-state index in [0.29, 0.717) is 17.4 Å². The maximum absolute atomic E-state index is 12.7. The van der Waals surface area contributed by atoms with Crippen LogP contribution in [-0.4, -0.2) is 70.0 Å². The van der Waals surface area contributed by atoms with E-state index in [1.165, 1.54) is 122 Å². The second-order valence-electron chi connectivity index (χ2n) is 16.1. The van der Waals surface area contributed by atoms with Gasteiger partial charge in [-0.1, -0.05) is 161 Å². The number of ether oxygens (including phenoxy) is 2. The van der Waals surface area contributed by atoms with Crippen LogP contribution in [0.5, 0.6) is 0 Å². The van der Waals surface area contributed by atoms with Crippen LogP contribution in [0.15, 0.2) is 12.2 Å². The number of allylic oxidation sites excluding steroid dienone is 2. The molecule has 0 aromatic heterocycles. The highest BCUT2D eigenvalue weighted by atomic mass is 31.2. The van der Waals surface area contributed by atoms with Gasteiger partial charge in [0.1, 0.15) is 19.8 Å². The smallest absolute Gasteiger partial charge is 0.306 e. The van der Waals surface area contributed by atoms with Gasteiger partial charge in [0.2, 0.25) is 0 Å². The summed E-state index contributed by atoms with van der Waals surface area (Å²) in [6.07, 6.45) is 36.6. The van der Waals surface area contributed by atoms with E-state index < -0.39 is 26.5 Å². The number of carbonyl (C=O) groups is 2. The summed E-state index contributed by atoms with van der Waals surface area (Å²) in [5.74, 6) is -0.832. The van der Waals surface area contributed by atoms with Crippen LogP contribution >= 0.6 is 7.82 Å². The third kappa shape index (κ3) is 40.2. The van der Waals surface area contributed by atoms with Gasteiger partial charge in [-0.25, -0.2) is 0 Å². The van der Waals surface area contributed by atoms with Gasteiger partial charge in [-0.3, -0.25) is 14.2 Å². The molecule has 0 aliphatic carbocycles. The molecule has 0 spiro atoms. The van der Waals surface area contributed by atoms with Gasteiger partial charge in [0.25, 0.3) is 7.82 Å². The van der Waals surface area contributed by atoms with Crippen molar-refractivity contribution in [2.75, 3.05) is 47.5 Å². The molecule has 0 radical (unpaired) electrons. The van der Waals surface area contributed by atoms with Crippen LogP contribution in [0.3, 0.4) is 0 Å². The van der Waals surface area contributed by atoms with Gasteiger partial charge in [-0.15, -0.1) is 0 Å². The topological polar surface area (TPSA) is 111 Å². The fourth-order valence-electron chi connectivity index (χ4n) is 6.06. The number of phosphoric acid groups is 1. The SMILES string of the molecule is CCCCCCCC/C=C\CCCCCCCCCC(=O)OC(COC(=O)CCCCCCCCCCCCCC)COP(=O)([O-])OCC[N+](C)(C)C. The maximum atomic E-state index is 12.7. The third-order valence-electron chi connectivity index (χ3n) is 9.54. The van der Waals surface area contributed by atoms with E-state index in [-0.39, 0.29) is 32.0 Å². The van der Waals surface area contributed by atoms with Gasteiger partial charge < -0.3 is 27.9 Å². The zero-order valence-corrected chi connectivity index (χ0v) is 36.1. The summed E-state index contributed by atoms with van der Waals surface area (Å²) in [6.45, 7) is 4.23. The van der Waals surface area contributed by atoms with Crippen LogP contribution < -0.4 is 4.89 Å². The van der Waals surface area contributed by atoms with Gasteiger partial charge in [-0.05, 0) is 38.5 Å². The molecular formula is C43H84NO8P. The fourth-order valence-corrected chi connectivity index (χ4v) is 6.79. The zero-order chi connectivity index (χ0) is 39.3. The Hall–Kier alpha value is -1.25. The number of esters is 2. The molecule has 9 nitrogen and oxygen atoms in total. The first-order valence-corrected chi connectivity index (χ1v) is 23.4. The van der Waals surface area contributed by atoms with Gasteiger partial charge in [0, 0.05) is 12.8 Å². The first kappa shape index (κ1) is 51.8. The monoisotopic (exact) mass is 774 g/mol. The fraction of sp³-hybridized carbons (Fsp3) is 0.907. The lowest BCUT2D eigenvalue weighted by Crippen LogP contribution is -2.37. The third-order valence-corrected chi connectivity index (χ3v) is 10.5. The highest BCUT2D eigenvalue weighted by Crippen LogP contribution is 2.38. The first-order chi connectivity index (χ1) is 25.5. The normalized spacial score (nSPS) is 13.7. The Labute approximate surface area is 326 Å². The molecule has 0 N–H and O–H groups in total. The van der Waals surface area contributed by atoms with E-state index in [4.69, 9.17) is 18.5 Å². The van der Waals surface area contributed by atoms with Crippen LogP contribution in [0, 0.1) is 0 Å². The van der Waals surface area contributed by atoms with E-state index in [2.05, 4.69) is 26.0 Å². The standard InChI is InChI=1S/C43H84NO8P/c1-6-8-10-12-14-16-18-20-21-22-23-24-26-28-30-32-34-36-43(46)52-41(40-51-53(47,48)50-38-37-44(3,4)5)39-49-42(45)35-33-31-29-27-25-19-17-15-13-11-9-7-2/h20-21,41H,6-19,22-40H2,1-5H3/b21-20-. The molecule has 2 atom stereocenters. The van der Waals surface area contributed by atoms with Crippen LogP contribution in [0.2, 0.25) is 0 Å². The first-order valence-electron chi connectivity index (χ1n) is 21.9. The molecule has 0 amide bonds. The molecule has 0 heterocycles. The Morgan fingerprint density at radius 1 is 0.566 bits per heavy atom. The molecule has 0 aliphatic heterocycles. The highest BCUT2D eigenvalue weighted by molar-refractivity contribution is 7.45. The Kier molecular flexibility index (Phi) is 35.5. The lowest BCUT2D eigenvalue weighted by Gasteiger charge is -2.28. The maximum Gasteiger partial charge on any atom is 0.306 e. The van der Waals surface area contributed by atoms with Crippen molar-refractivity contribution in [3.05, 3.63) is 12.2 Å². The second-order valence-corrected chi connectivity index (χ2v) is 17.5. The molecule has 0 aromatic rings. The Bertz CT molecular complexity index is 922. The van der Waals surface area contributed by atoms with Crippen molar-refractivity contribution in [3.8, 4) is 0 Å². The van der Waals surface area contributed by atoms with Crippen molar-refractivity contribution in [2.45, 2.75) is 206 Å². The number of likely N-dealkylation sites (N-methyl/N-ethyl adjacent to an activating group) is 1. The summed E-state index contributed by atoms with van der Waals surface area (Å²) < 4.78 is 33.9. The number of quaternary nitrogens is 1. The Morgan fingerprint density at radius 3 is 1.40 bits per heavy atom. The molecule has 0 saturated heterocycles. The molecule has 0 saturated carbocycles. The van der Waals surface area contributed by atoms with Crippen molar-refractivity contribution in [3.63, 3.8) is 0 Å². The number of unbranched alkanes of at least 4 members (excludes halogenated alkanes) is 24. The second kappa shape index (κ2) is 36.4. The quantitative estimate of drug-likeness (QED) is 0.0199. The van der Waals surface area contributed by atoms with Crippen molar-refractivity contribution in [2.24, 2.45) is 0 Å². The highest BCUT2D eigenvalue weighted by Gasteiger charge is 2.21. The Balaban J connectivity index is 4.34. The molecule has 0 aliphatic rings. The van der Waals surface area contributed by atoms with Crippen LogP contribution in [-0.2, 0) is 32.7 Å². The summed E-state index contributed by atoms with van der Waals surface area (Å²) in [4.78, 5) is 37.5. The largest absolute Gasteiger partial charge is 0.756 e. The van der Waals surface area contributed by atoms with Crippen molar-refractivity contribution in [1.82, 2.24) is 0 Å². The minimum Gasteiger partial charge on any atom is -0.756 e. The zero-order valence-electron chi connectivity index (χ0n) is 35.2. The van der Waals surface area contributed by atoms with E-state index in [1.807, 2.05) is 21.1 Å². The van der Waals surface area contributed by atoms with Crippen LogP contribution in [0.4, 0.5) is 0 Å². The van der Waals surface area contributed by atoms with Gasteiger partial charge >= 0.3 is 11.9 Å². The minimum atomic E-state index is -4.62. The van der Waals surface area contributed by atoms with Crippen molar-refractivity contribution in [1.29, 1.82) is 0 Å². The summed E-state index contributed by atoms with van der Waals surface area (Å²) in [5, 5.41) is 0. The molecule has 53 heavy (non-hydrogen) atoms. The molecule has 0 rings (SSSR count). The number of phosphoric ester groups is 1. The number of carbonyl (C=O) groups excluding carboxylic acids is 2. The summed E-state index contributed by atoms with van der Waals surface area (Å²) >= 11 is 0. The van der Waals surface area contributed by atoms with Crippen LogP contribution in [0.1, 0.15) is 200 Å². The predicted molar refractivity (Wildman–Crippen MR) is 218 cm³/mol. The molecular weight excluding hydrogens is 689 g/mol. The number of nitrogens with zero attached hydrogens (tertiary/aromatic N) is 1. The lowest BCUT2D eigenvalue weighted by atomic mass is 10.0. The van der Waals surface area contributed by atoms with E-state index >= 15 is 0 Å². The lowest BCUT2D eigenvalue weighted by molar-refractivity contribution is -0.870. The Morgan fingerprint density at radius 2 is 0.962 bits per heavy atom. The number of rotatable bonds is 40. The molecule has 0 aromatic carbocycles. The summed E-state index contributed by atoms with van der Waals surface area (Å²) in [6, 6.07) is 0. The van der Waals surface area contributed by atoms with Gasteiger partial charge in [0.15, 0.2) is 6.10 Å². The van der Waals surface area contributed by atoms with Gasteiger partial charge in [0.05, 0.1) is 27.7 Å². The summed E-state index contributed by atoms with van der Waals surface area (Å²) in [7, 11) is 1.17. The van der Waals surface area contributed by atoms with Crippen molar-refractivity contribution >= 4 is 19.8 Å². The molecule has 314 valence electrons. The number of hydrogen-bond acceptors (Lipinski definition) is 8. The van der Waals surface area contributed by atoms with Crippen LogP contribution in [0.25, 0.3) is 0 Å². The predicted octanol–water partition coefficient (Wildman–Crippen LogP) is 11.6.